The van der Waals surface area contributed by atoms with Crippen LogP contribution in [0.2, 0.25) is 5.02 Å². The van der Waals surface area contributed by atoms with Crippen LogP contribution >= 0.6 is 34.2 Å². The molecule has 1 aromatic carbocycles. The van der Waals surface area contributed by atoms with Gasteiger partial charge in [0.05, 0.1) is 5.69 Å². The summed E-state index contributed by atoms with van der Waals surface area (Å²) >= 11 is 7.61. The fourth-order valence-corrected chi connectivity index (χ4v) is 1.58. The van der Waals surface area contributed by atoms with Crippen molar-refractivity contribution >= 4 is 39.9 Å². The van der Waals surface area contributed by atoms with E-state index in [1.165, 1.54) is 6.07 Å². The van der Waals surface area contributed by atoms with Crippen LogP contribution in [0.25, 0.3) is 0 Å². The van der Waals surface area contributed by atoms with Crippen LogP contribution in [0.4, 0.5) is 5.69 Å². The fraction of sp³-hybridized carbons (Fsp3) is 0. The predicted molar refractivity (Wildman–Crippen MR) is 50.2 cm³/mol. The van der Waals surface area contributed by atoms with Gasteiger partial charge >= 0.3 is 0 Å². The molecule has 0 fully saturated rings. The lowest BCUT2D eigenvalue weighted by Crippen LogP contribution is -1.88. The third-order valence-corrected chi connectivity index (χ3v) is 2.18. The van der Waals surface area contributed by atoms with Crippen molar-refractivity contribution in [3.05, 3.63) is 20.7 Å². The Hall–Kier alpha value is -0.160. The Kier molecular flexibility index (Phi) is 2.25. The highest BCUT2D eigenvalue weighted by molar-refractivity contribution is 14.1. The molecule has 1 aromatic rings. The van der Waals surface area contributed by atoms with E-state index in [0.29, 0.717) is 10.7 Å². The number of phenols is 1. The molecule has 0 radical (unpaired) electrons. The highest BCUT2D eigenvalue weighted by atomic mass is 127. The second-order valence-corrected chi connectivity index (χ2v) is 3.42. The van der Waals surface area contributed by atoms with E-state index in [0.717, 1.165) is 3.57 Å². The summed E-state index contributed by atoms with van der Waals surface area (Å²) in [4.78, 5) is 0. The third-order valence-electron chi connectivity index (χ3n) is 1.07. The number of benzene rings is 1. The Morgan fingerprint density at radius 1 is 1.50 bits per heavy atom. The van der Waals surface area contributed by atoms with Gasteiger partial charge < -0.3 is 10.8 Å². The zero-order valence-corrected chi connectivity index (χ0v) is 7.85. The number of nitrogen functional groups attached to an aromatic ring is 1. The van der Waals surface area contributed by atoms with Crippen molar-refractivity contribution < 1.29 is 5.11 Å². The summed E-state index contributed by atoms with van der Waals surface area (Å²) in [6.07, 6.45) is 0. The molecule has 0 heterocycles. The smallest absolute Gasteiger partial charge is 0.141 e. The molecule has 1 rings (SSSR count). The van der Waals surface area contributed by atoms with Crippen LogP contribution < -0.4 is 5.73 Å². The van der Waals surface area contributed by atoms with E-state index in [9.17, 15) is 0 Å². The molecule has 0 saturated heterocycles. The largest absolute Gasteiger partial charge is 0.506 e. The summed E-state index contributed by atoms with van der Waals surface area (Å²) in [6, 6.07) is 3.11. The van der Waals surface area contributed by atoms with Gasteiger partial charge in [0, 0.05) is 14.7 Å². The van der Waals surface area contributed by atoms with E-state index < -0.39 is 0 Å². The molecule has 10 heavy (non-hydrogen) atoms. The highest BCUT2D eigenvalue weighted by Crippen LogP contribution is 2.29. The molecule has 0 aliphatic rings. The van der Waals surface area contributed by atoms with Crippen molar-refractivity contribution in [2.75, 3.05) is 5.73 Å². The molecule has 0 aliphatic carbocycles. The number of anilines is 1. The van der Waals surface area contributed by atoms with Crippen molar-refractivity contribution in [3.63, 3.8) is 0 Å². The Morgan fingerprint density at radius 2 is 2.10 bits per heavy atom. The van der Waals surface area contributed by atoms with Gasteiger partial charge in [-0.3, -0.25) is 0 Å². The first-order valence-electron chi connectivity index (χ1n) is 2.54. The van der Waals surface area contributed by atoms with Crippen LogP contribution in [0, 0.1) is 3.57 Å². The summed E-state index contributed by atoms with van der Waals surface area (Å²) in [7, 11) is 0. The third kappa shape index (κ3) is 1.46. The standard InChI is InChI=1S/C6H5ClINO/c7-3-1-4(8)6(9)5(10)2-3/h1-2,10H,9H2. The monoisotopic (exact) mass is 269 g/mol. The SMILES string of the molecule is Nc1c(O)cc(Cl)cc1I. The summed E-state index contributed by atoms with van der Waals surface area (Å²) < 4.78 is 0.766. The zero-order chi connectivity index (χ0) is 7.72. The molecule has 0 aromatic heterocycles. The van der Waals surface area contributed by atoms with E-state index in [-0.39, 0.29) is 5.75 Å². The van der Waals surface area contributed by atoms with Crippen LogP contribution in [0.5, 0.6) is 5.75 Å². The zero-order valence-electron chi connectivity index (χ0n) is 4.94. The van der Waals surface area contributed by atoms with Gasteiger partial charge in [0.1, 0.15) is 5.75 Å². The van der Waals surface area contributed by atoms with E-state index in [1.807, 2.05) is 22.6 Å². The average molecular weight is 269 g/mol. The van der Waals surface area contributed by atoms with E-state index in [2.05, 4.69) is 0 Å². The van der Waals surface area contributed by atoms with Gasteiger partial charge in [-0.05, 0) is 28.7 Å². The van der Waals surface area contributed by atoms with Crippen molar-refractivity contribution in [2.45, 2.75) is 0 Å². The van der Waals surface area contributed by atoms with Crippen molar-refractivity contribution in [1.29, 1.82) is 0 Å². The molecule has 0 amide bonds. The minimum absolute atomic E-state index is 0.0388. The molecular weight excluding hydrogens is 264 g/mol. The lowest BCUT2D eigenvalue weighted by molar-refractivity contribution is 0.477. The number of phenolic OH excluding ortho intramolecular Hbond substituents is 1. The maximum absolute atomic E-state index is 9.07. The minimum atomic E-state index is 0.0388. The normalized spacial score (nSPS) is 9.80. The first-order chi connectivity index (χ1) is 4.61. The summed E-state index contributed by atoms with van der Waals surface area (Å²) in [5.74, 6) is 0.0388. The van der Waals surface area contributed by atoms with Crippen LogP contribution in [0.1, 0.15) is 0 Å². The molecule has 4 heteroatoms. The molecule has 0 bridgehead atoms. The molecule has 0 aliphatic heterocycles. The first-order valence-corrected chi connectivity index (χ1v) is 4.00. The van der Waals surface area contributed by atoms with E-state index >= 15 is 0 Å². The highest BCUT2D eigenvalue weighted by Gasteiger charge is 2.02. The second-order valence-electron chi connectivity index (χ2n) is 1.82. The molecule has 3 N–H and O–H groups in total. The van der Waals surface area contributed by atoms with Crippen molar-refractivity contribution in [1.82, 2.24) is 0 Å². The molecule has 54 valence electrons. The molecule has 0 unspecified atom stereocenters. The Bertz CT molecular complexity index is 241. The number of hydrogen-bond acceptors (Lipinski definition) is 2. The van der Waals surface area contributed by atoms with E-state index in [1.54, 1.807) is 6.07 Å². The van der Waals surface area contributed by atoms with E-state index in [4.69, 9.17) is 22.4 Å². The number of rotatable bonds is 0. The number of halogens is 2. The van der Waals surface area contributed by atoms with Gasteiger partial charge in [-0.15, -0.1) is 0 Å². The summed E-state index contributed by atoms with van der Waals surface area (Å²) in [5, 5.41) is 9.56. The van der Waals surface area contributed by atoms with Gasteiger partial charge in [-0.1, -0.05) is 11.6 Å². The second kappa shape index (κ2) is 2.84. The van der Waals surface area contributed by atoms with Gasteiger partial charge in [0.15, 0.2) is 0 Å². The van der Waals surface area contributed by atoms with Crippen LogP contribution in [0.15, 0.2) is 12.1 Å². The summed E-state index contributed by atoms with van der Waals surface area (Å²) in [5.41, 5.74) is 5.81. The quantitative estimate of drug-likeness (QED) is 0.431. The number of aromatic hydroxyl groups is 1. The van der Waals surface area contributed by atoms with Crippen LogP contribution in [-0.2, 0) is 0 Å². The van der Waals surface area contributed by atoms with Gasteiger partial charge in [-0.2, -0.15) is 0 Å². The van der Waals surface area contributed by atoms with Gasteiger partial charge in [0.2, 0.25) is 0 Å². The van der Waals surface area contributed by atoms with Gasteiger partial charge in [-0.25, -0.2) is 0 Å². The Balaban J connectivity index is 3.31. The predicted octanol–water partition coefficient (Wildman–Crippen LogP) is 2.23. The molecule has 0 atom stereocenters. The van der Waals surface area contributed by atoms with Crippen LogP contribution in [0.3, 0.4) is 0 Å². The molecule has 0 spiro atoms. The Labute approximate surface area is 77.1 Å². The lowest BCUT2D eigenvalue weighted by Gasteiger charge is -2.00. The Morgan fingerprint density at radius 3 is 2.60 bits per heavy atom. The number of nitrogens with two attached hydrogens (primary N) is 1. The van der Waals surface area contributed by atoms with Crippen molar-refractivity contribution in [3.8, 4) is 5.75 Å². The maximum Gasteiger partial charge on any atom is 0.141 e. The molecule has 0 saturated carbocycles. The van der Waals surface area contributed by atoms with Crippen molar-refractivity contribution in [2.24, 2.45) is 0 Å². The molecule has 2 nitrogen and oxygen atoms in total. The average Bonchev–Trinajstić information content (AvgIpc) is 1.82. The number of hydrogen-bond donors (Lipinski definition) is 2. The topological polar surface area (TPSA) is 46.2 Å². The maximum atomic E-state index is 9.07. The fourth-order valence-electron chi connectivity index (χ4n) is 0.571. The lowest BCUT2D eigenvalue weighted by atomic mass is 10.3. The summed E-state index contributed by atoms with van der Waals surface area (Å²) in [6.45, 7) is 0. The first kappa shape index (κ1) is 7.94. The minimum Gasteiger partial charge on any atom is -0.506 e. The molecular formula is C6H5ClINO. The van der Waals surface area contributed by atoms with Crippen LogP contribution in [-0.4, -0.2) is 5.11 Å². The van der Waals surface area contributed by atoms with Gasteiger partial charge in [0.25, 0.3) is 0 Å².